The minimum absolute atomic E-state index is 0.394. The van der Waals surface area contributed by atoms with E-state index in [2.05, 4.69) is 5.32 Å². The van der Waals surface area contributed by atoms with E-state index in [4.69, 9.17) is 10.00 Å². The van der Waals surface area contributed by atoms with Gasteiger partial charge in [-0.3, -0.25) is 4.79 Å². The molecular weight excluding hydrogens is 292 g/mol. The molecule has 0 aromatic heterocycles. The molecule has 0 atom stereocenters. The predicted octanol–water partition coefficient (Wildman–Crippen LogP) is 2.75. The lowest BCUT2D eigenvalue weighted by molar-refractivity contribution is -0.142. The van der Waals surface area contributed by atoms with Crippen molar-refractivity contribution in [3.63, 3.8) is 0 Å². The highest BCUT2D eigenvalue weighted by atomic mass is 16.5. The summed E-state index contributed by atoms with van der Waals surface area (Å²) in [5.74, 6) is -1.07. The fourth-order valence-electron chi connectivity index (χ4n) is 1.78. The van der Waals surface area contributed by atoms with Crippen LogP contribution in [0.3, 0.4) is 0 Å². The number of ether oxygens (including phenoxy) is 1. The van der Waals surface area contributed by atoms with Gasteiger partial charge in [0.2, 0.25) is 0 Å². The highest BCUT2D eigenvalue weighted by molar-refractivity contribution is 5.94. The summed E-state index contributed by atoms with van der Waals surface area (Å²) in [6, 6.07) is 17.7. The van der Waals surface area contributed by atoms with Gasteiger partial charge in [0, 0.05) is 11.8 Å². The van der Waals surface area contributed by atoms with Gasteiger partial charge >= 0.3 is 5.97 Å². The molecule has 23 heavy (non-hydrogen) atoms. The van der Waals surface area contributed by atoms with E-state index in [0.717, 1.165) is 5.56 Å². The number of nitrogens with zero attached hydrogens (tertiary/aromatic N) is 1. The summed E-state index contributed by atoms with van der Waals surface area (Å²) in [6.07, 6.45) is 2.87. The zero-order chi connectivity index (χ0) is 16.5. The molecule has 2 aromatic carbocycles. The number of carbonyl (C=O) groups is 2. The maximum Gasteiger partial charge on any atom is 0.331 e. The summed E-state index contributed by atoms with van der Waals surface area (Å²) < 4.78 is 4.85. The SMILES string of the molecule is N#Cc1cccc(NC(=O)COC(=O)/C=C/c2ccccc2)c1. The van der Waals surface area contributed by atoms with Crippen LogP contribution in [0.4, 0.5) is 5.69 Å². The Balaban J connectivity index is 1.81. The van der Waals surface area contributed by atoms with Crippen molar-refractivity contribution in [1.29, 1.82) is 5.26 Å². The summed E-state index contributed by atoms with van der Waals surface area (Å²) in [5, 5.41) is 11.3. The number of hydrogen-bond acceptors (Lipinski definition) is 4. The molecule has 0 saturated heterocycles. The summed E-state index contributed by atoms with van der Waals surface area (Å²) in [6.45, 7) is -0.394. The van der Waals surface area contributed by atoms with E-state index in [1.165, 1.54) is 12.1 Å². The van der Waals surface area contributed by atoms with Crippen molar-refractivity contribution in [2.24, 2.45) is 0 Å². The molecule has 1 amide bonds. The minimum atomic E-state index is -0.602. The molecule has 0 aliphatic rings. The van der Waals surface area contributed by atoms with Crippen LogP contribution in [0.5, 0.6) is 0 Å². The van der Waals surface area contributed by atoms with Crippen molar-refractivity contribution in [1.82, 2.24) is 0 Å². The molecule has 0 aliphatic carbocycles. The molecule has 2 rings (SSSR count). The molecule has 0 spiro atoms. The molecule has 1 N–H and O–H groups in total. The smallest absolute Gasteiger partial charge is 0.331 e. The van der Waals surface area contributed by atoms with Crippen molar-refractivity contribution in [2.75, 3.05) is 11.9 Å². The van der Waals surface area contributed by atoms with Gasteiger partial charge in [-0.05, 0) is 29.8 Å². The standard InChI is InChI=1S/C18H14N2O3/c19-12-15-7-4-8-16(11-15)20-17(21)13-23-18(22)10-9-14-5-2-1-3-6-14/h1-11H,13H2,(H,20,21)/b10-9+. The number of carbonyl (C=O) groups excluding carboxylic acids is 2. The van der Waals surface area contributed by atoms with Crippen molar-refractivity contribution in [3.05, 3.63) is 71.8 Å². The second-order valence-electron chi connectivity index (χ2n) is 4.59. The Morgan fingerprint density at radius 2 is 1.91 bits per heavy atom. The van der Waals surface area contributed by atoms with E-state index in [-0.39, 0.29) is 0 Å². The van der Waals surface area contributed by atoms with Gasteiger partial charge < -0.3 is 10.1 Å². The molecule has 114 valence electrons. The van der Waals surface area contributed by atoms with Crippen LogP contribution in [0.15, 0.2) is 60.7 Å². The number of anilines is 1. The Hall–Kier alpha value is -3.39. The lowest BCUT2D eigenvalue weighted by atomic mass is 10.2. The van der Waals surface area contributed by atoms with Crippen LogP contribution < -0.4 is 5.32 Å². The topological polar surface area (TPSA) is 79.2 Å². The first-order valence-electron chi connectivity index (χ1n) is 6.87. The second kappa shape index (κ2) is 8.15. The fraction of sp³-hybridized carbons (Fsp3) is 0.0556. The average molecular weight is 306 g/mol. The summed E-state index contributed by atoms with van der Waals surface area (Å²) in [5.41, 5.74) is 1.78. The molecule has 0 fully saturated rings. The van der Waals surface area contributed by atoms with Gasteiger partial charge in [-0.25, -0.2) is 4.79 Å². The Kier molecular flexibility index (Phi) is 5.67. The quantitative estimate of drug-likeness (QED) is 0.680. The summed E-state index contributed by atoms with van der Waals surface area (Å²) in [4.78, 5) is 23.2. The van der Waals surface area contributed by atoms with Crippen molar-refractivity contribution in [2.45, 2.75) is 0 Å². The van der Waals surface area contributed by atoms with Crippen LogP contribution in [0.2, 0.25) is 0 Å². The second-order valence-corrected chi connectivity index (χ2v) is 4.59. The number of nitriles is 1. The van der Waals surface area contributed by atoms with Crippen molar-refractivity contribution >= 4 is 23.6 Å². The van der Waals surface area contributed by atoms with Crippen LogP contribution in [-0.4, -0.2) is 18.5 Å². The molecule has 5 heteroatoms. The molecule has 0 heterocycles. The molecule has 0 aliphatic heterocycles. The monoisotopic (exact) mass is 306 g/mol. The summed E-state index contributed by atoms with van der Waals surface area (Å²) >= 11 is 0. The third kappa shape index (κ3) is 5.48. The minimum Gasteiger partial charge on any atom is -0.452 e. The van der Waals surface area contributed by atoms with Crippen LogP contribution in [-0.2, 0) is 14.3 Å². The molecule has 0 bridgehead atoms. The van der Waals surface area contributed by atoms with Crippen LogP contribution in [0.25, 0.3) is 6.08 Å². The number of hydrogen-bond donors (Lipinski definition) is 1. The van der Waals surface area contributed by atoms with Crippen LogP contribution in [0.1, 0.15) is 11.1 Å². The largest absolute Gasteiger partial charge is 0.452 e. The Labute approximate surface area is 133 Å². The first-order valence-corrected chi connectivity index (χ1v) is 6.87. The van der Waals surface area contributed by atoms with E-state index in [1.807, 2.05) is 36.4 Å². The van der Waals surface area contributed by atoms with E-state index in [0.29, 0.717) is 11.3 Å². The molecule has 2 aromatic rings. The number of benzene rings is 2. The highest BCUT2D eigenvalue weighted by Crippen LogP contribution is 2.09. The third-order valence-electron chi connectivity index (χ3n) is 2.83. The number of esters is 1. The van der Waals surface area contributed by atoms with Gasteiger partial charge in [-0.2, -0.15) is 5.26 Å². The lowest BCUT2D eigenvalue weighted by Gasteiger charge is -2.05. The third-order valence-corrected chi connectivity index (χ3v) is 2.83. The molecule has 0 unspecified atom stereocenters. The van der Waals surface area contributed by atoms with E-state index in [9.17, 15) is 9.59 Å². The van der Waals surface area contributed by atoms with Gasteiger partial charge in [-0.15, -0.1) is 0 Å². The number of nitrogens with one attached hydrogen (secondary N) is 1. The first-order chi connectivity index (χ1) is 11.2. The maximum atomic E-state index is 11.7. The van der Waals surface area contributed by atoms with E-state index in [1.54, 1.807) is 24.3 Å². The lowest BCUT2D eigenvalue weighted by Crippen LogP contribution is -2.20. The van der Waals surface area contributed by atoms with Gasteiger partial charge in [0.05, 0.1) is 11.6 Å². The number of amides is 1. The first kappa shape index (κ1) is 16.0. The Morgan fingerprint density at radius 1 is 1.13 bits per heavy atom. The zero-order valence-corrected chi connectivity index (χ0v) is 12.2. The van der Waals surface area contributed by atoms with Crippen LogP contribution >= 0.6 is 0 Å². The molecular formula is C18H14N2O3. The predicted molar refractivity (Wildman–Crippen MR) is 86.2 cm³/mol. The Bertz CT molecular complexity index is 761. The van der Waals surface area contributed by atoms with Crippen molar-refractivity contribution < 1.29 is 14.3 Å². The fourth-order valence-corrected chi connectivity index (χ4v) is 1.78. The zero-order valence-electron chi connectivity index (χ0n) is 12.2. The normalized spacial score (nSPS) is 10.0. The van der Waals surface area contributed by atoms with Gasteiger partial charge in [0.15, 0.2) is 6.61 Å². The summed E-state index contributed by atoms with van der Waals surface area (Å²) in [7, 11) is 0. The molecule has 0 saturated carbocycles. The van der Waals surface area contributed by atoms with E-state index >= 15 is 0 Å². The van der Waals surface area contributed by atoms with E-state index < -0.39 is 18.5 Å². The van der Waals surface area contributed by atoms with Gasteiger partial charge in [-0.1, -0.05) is 36.4 Å². The number of rotatable bonds is 5. The average Bonchev–Trinajstić information content (AvgIpc) is 2.59. The highest BCUT2D eigenvalue weighted by Gasteiger charge is 2.06. The Morgan fingerprint density at radius 3 is 2.65 bits per heavy atom. The van der Waals surface area contributed by atoms with Gasteiger partial charge in [0.1, 0.15) is 0 Å². The maximum absolute atomic E-state index is 11.7. The van der Waals surface area contributed by atoms with Crippen LogP contribution in [0, 0.1) is 11.3 Å². The van der Waals surface area contributed by atoms with Gasteiger partial charge in [0.25, 0.3) is 5.91 Å². The van der Waals surface area contributed by atoms with Crippen molar-refractivity contribution in [3.8, 4) is 6.07 Å². The molecule has 5 nitrogen and oxygen atoms in total. The molecule has 0 radical (unpaired) electrons.